The third kappa shape index (κ3) is 4.53. The molecule has 2 N–H and O–H groups in total. The van der Waals surface area contributed by atoms with Crippen LogP contribution in [0.4, 0.5) is 5.13 Å². The van der Waals surface area contributed by atoms with Gasteiger partial charge in [-0.2, -0.15) is 0 Å². The molecule has 0 bridgehead atoms. The number of aliphatic hydroxyl groups excluding tert-OH is 1. The fourth-order valence-corrected chi connectivity index (χ4v) is 3.67. The number of nitrogens with zero attached hydrogens (tertiary/aromatic N) is 1. The van der Waals surface area contributed by atoms with Crippen LogP contribution in [0.25, 0.3) is 11.5 Å². The minimum Gasteiger partial charge on any atom is -0.503 e. The maximum Gasteiger partial charge on any atom is 0.292 e. The summed E-state index contributed by atoms with van der Waals surface area (Å²) < 4.78 is 10.7. The smallest absolute Gasteiger partial charge is 0.292 e. The van der Waals surface area contributed by atoms with E-state index in [0.717, 1.165) is 11.3 Å². The van der Waals surface area contributed by atoms with Gasteiger partial charge in [-0.15, -0.1) is 0 Å². The Labute approximate surface area is 160 Å². The van der Waals surface area contributed by atoms with Crippen molar-refractivity contribution in [2.45, 2.75) is 19.8 Å². The molecular formula is C19H20N2O5S. The van der Waals surface area contributed by atoms with E-state index in [9.17, 15) is 14.7 Å². The van der Waals surface area contributed by atoms with Gasteiger partial charge in [-0.3, -0.25) is 14.9 Å². The first-order chi connectivity index (χ1) is 13.1. The summed E-state index contributed by atoms with van der Waals surface area (Å²) in [6.07, 6.45) is 7.33. The summed E-state index contributed by atoms with van der Waals surface area (Å²) in [5, 5.41) is 12.5. The van der Waals surface area contributed by atoms with Crippen molar-refractivity contribution >= 4 is 28.2 Å². The average Bonchev–Trinajstić information content (AvgIpc) is 3.35. The van der Waals surface area contributed by atoms with Crippen LogP contribution in [0.15, 0.2) is 46.8 Å². The molecule has 1 amide bonds. The van der Waals surface area contributed by atoms with Crippen LogP contribution in [0.2, 0.25) is 0 Å². The number of furan rings is 1. The molecule has 2 aromatic rings. The largest absolute Gasteiger partial charge is 0.503 e. The van der Waals surface area contributed by atoms with Crippen LogP contribution in [-0.4, -0.2) is 35.0 Å². The number of amides is 1. The first kappa shape index (κ1) is 19.1. The van der Waals surface area contributed by atoms with Gasteiger partial charge in [0.25, 0.3) is 5.91 Å². The van der Waals surface area contributed by atoms with Crippen molar-refractivity contribution in [3.8, 4) is 11.5 Å². The number of aliphatic hydroxyl groups is 1. The molecule has 7 nitrogen and oxygen atoms in total. The zero-order valence-electron chi connectivity index (χ0n) is 14.8. The van der Waals surface area contributed by atoms with Crippen LogP contribution in [0, 0.1) is 5.92 Å². The Balaban J connectivity index is 1.88. The van der Waals surface area contributed by atoms with Gasteiger partial charge in [0.2, 0.25) is 0 Å². The topological polar surface area (TPSA) is 102 Å². The molecule has 0 saturated carbocycles. The quantitative estimate of drug-likeness (QED) is 0.336. The Morgan fingerprint density at radius 3 is 2.81 bits per heavy atom. The Kier molecular flexibility index (Phi) is 6.20. The number of thiazole rings is 1. The predicted octanol–water partition coefficient (Wildman–Crippen LogP) is 3.97. The highest BCUT2D eigenvalue weighted by molar-refractivity contribution is 7.18. The summed E-state index contributed by atoms with van der Waals surface area (Å²) in [4.78, 5) is 29.8. The van der Waals surface area contributed by atoms with Crippen LogP contribution < -0.4 is 5.32 Å². The summed E-state index contributed by atoms with van der Waals surface area (Å²) in [5.74, 6) is -0.857. The predicted molar refractivity (Wildman–Crippen MR) is 102 cm³/mol. The maximum absolute atomic E-state index is 13.0. The Morgan fingerprint density at radius 2 is 2.15 bits per heavy atom. The molecule has 0 aromatic carbocycles. The van der Waals surface area contributed by atoms with Gasteiger partial charge in [-0.05, 0) is 38.0 Å². The third-order valence-corrected chi connectivity index (χ3v) is 5.08. The SMILES string of the molecule is C/C=C\C=C(/O)C(=O)Nc1nc(-c2ccco2)c(C(=O)C2CCOCC2)s1. The number of carbonyl (C=O) groups is 2. The molecule has 0 atom stereocenters. The number of Topliss-reactive ketones (excluding diaryl/α,β-unsaturated/α-hetero) is 1. The number of rotatable bonds is 6. The monoisotopic (exact) mass is 388 g/mol. The molecular weight excluding hydrogens is 368 g/mol. The van der Waals surface area contributed by atoms with Gasteiger partial charge in [0.05, 0.1) is 6.26 Å². The summed E-state index contributed by atoms with van der Waals surface area (Å²) >= 11 is 1.08. The van der Waals surface area contributed by atoms with Crippen LogP contribution in [0.3, 0.4) is 0 Å². The van der Waals surface area contributed by atoms with E-state index in [1.807, 2.05) is 0 Å². The molecule has 2 aromatic heterocycles. The van der Waals surface area contributed by atoms with Crippen molar-refractivity contribution in [2.24, 2.45) is 5.92 Å². The van der Waals surface area contributed by atoms with Crippen LogP contribution in [-0.2, 0) is 9.53 Å². The Morgan fingerprint density at radius 1 is 1.37 bits per heavy atom. The zero-order valence-corrected chi connectivity index (χ0v) is 15.6. The molecule has 1 aliphatic rings. The van der Waals surface area contributed by atoms with E-state index in [-0.39, 0.29) is 16.8 Å². The van der Waals surface area contributed by atoms with E-state index >= 15 is 0 Å². The van der Waals surface area contributed by atoms with Crippen LogP contribution >= 0.6 is 11.3 Å². The lowest BCUT2D eigenvalue weighted by Gasteiger charge is -2.20. The molecule has 1 fully saturated rings. The number of ketones is 1. The summed E-state index contributed by atoms with van der Waals surface area (Å²) in [6.45, 7) is 2.88. The van der Waals surface area contributed by atoms with Gasteiger partial charge in [-0.25, -0.2) is 4.98 Å². The van der Waals surface area contributed by atoms with Crippen molar-refractivity contribution in [1.29, 1.82) is 0 Å². The van der Waals surface area contributed by atoms with E-state index in [1.54, 1.807) is 31.2 Å². The van der Waals surface area contributed by atoms with Crippen LogP contribution in [0.5, 0.6) is 0 Å². The van der Waals surface area contributed by atoms with Gasteiger partial charge in [0.1, 0.15) is 10.6 Å². The number of nitrogens with one attached hydrogen (secondary N) is 1. The Bertz CT molecular complexity index is 861. The lowest BCUT2D eigenvalue weighted by Crippen LogP contribution is -2.23. The summed E-state index contributed by atoms with van der Waals surface area (Å²) in [5.41, 5.74) is 0.397. The molecule has 3 heterocycles. The highest BCUT2D eigenvalue weighted by atomic mass is 32.1. The molecule has 142 valence electrons. The fourth-order valence-electron chi connectivity index (χ4n) is 2.69. The number of aromatic nitrogens is 1. The fraction of sp³-hybridized carbons (Fsp3) is 0.316. The van der Waals surface area contributed by atoms with E-state index in [0.29, 0.717) is 42.4 Å². The molecule has 0 unspecified atom stereocenters. The first-order valence-electron chi connectivity index (χ1n) is 8.60. The summed E-state index contributed by atoms with van der Waals surface area (Å²) in [7, 11) is 0. The second-order valence-corrected chi connectivity index (χ2v) is 6.96. The van der Waals surface area contributed by atoms with Gasteiger partial charge in [0.15, 0.2) is 22.4 Å². The molecule has 0 spiro atoms. The van der Waals surface area contributed by atoms with Crippen molar-refractivity contribution in [3.63, 3.8) is 0 Å². The Hall–Kier alpha value is -2.71. The van der Waals surface area contributed by atoms with Gasteiger partial charge in [-0.1, -0.05) is 23.5 Å². The molecule has 1 saturated heterocycles. The number of hydrogen-bond acceptors (Lipinski definition) is 7. The molecule has 1 aliphatic heterocycles. The minimum atomic E-state index is -0.696. The van der Waals surface area contributed by atoms with Crippen molar-refractivity contribution < 1.29 is 23.8 Å². The van der Waals surface area contributed by atoms with E-state index in [4.69, 9.17) is 9.15 Å². The van der Waals surface area contributed by atoms with E-state index in [2.05, 4.69) is 10.3 Å². The molecule has 0 aliphatic carbocycles. The molecule has 3 rings (SSSR count). The minimum absolute atomic E-state index is 0.0311. The molecule has 27 heavy (non-hydrogen) atoms. The zero-order chi connectivity index (χ0) is 19.2. The van der Waals surface area contributed by atoms with Gasteiger partial charge >= 0.3 is 0 Å². The van der Waals surface area contributed by atoms with E-state index in [1.165, 1.54) is 12.3 Å². The second kappa shape index (κ2) is 8.79. The normalized spacial score (nSPS) is 16.0. The number of carbonyl (C=O) groups excluding carboxylic acids is 2. The van der Waals surface area contributed by atoms with Gasteiger partial charge in [0, 0.05) is 19.1 Å². The van der Waals surface area contributed by atoms with E-state index < -0.39 is 11.7 Å². The lowest BCUT2D eigenvalue weighted by molar-refractivity contribution is -0.115. The summed E-state index contributed by atoms with van der Waals surface area (Å²) in [6, 6.07) is 3.42. The number of allylic oxidation sites excluding steroid dienone is 3. The molecule has 0 radical (unpaired) electrons. The van der Waals surface area contributed by atoms with Gasteiger partial charge < -0.3 is 14.3 Å². The highest BCUT2D eigenvalue weighted by Gasteiger charge is 2.29. The van der Waals surface area contributed by atoms with Crippen molar-refractivity contribution in [2.75, 3.05) is 18.5 Å². The number of hydrogen-bond donors (Lipinski definition) is 2. The standard InChI is InChI=1S/C19H20N2O5S/c1-2-3-5-13(22)18(24)21-19-20-15(14-6-4-9-26-14)17(27-19)16(23)12-7-10-25-11-8-12/h2-6,9,12,22H,7-8,10-11H2,1H3,(H,20,21,24)/b3-2-,13-5-. The van der Waals surface area contributed by atoms with Crippen LogP contribution in [0.1, 0.15) is 29.4 Å². The highest BCUT2D eigenvalue weighted by Crippen LogP contribution is 2.35. The number of ether oxygens (including phenoxy) is 1. The lowest BCUT2D eigenvalue weighted by atomic mass is 9.94. The third-order valence-electron chi connectivity index (χ3n) is 4.10. The number of anilines is 1. The maximum atomic E-state index is 13.0. The van der Waals surface area contributed by atoms with Crippen molar-refractivity contribution in [1.82, 2.24) is 4.98 Å². The first-order valence-corrected chi connectivity index (χ1v) is 9.41. The second-order valence-electron chi connectivity index (χ2n) is 5.96. The molecule has 8 heteroatoms. The average molecular weight is 388 g/mol. The van der Waals surface area contributed by atoms with Crippen molar-refractivity contribution in [3.05, 3.63) is 47.3 Å².